The molecule has 6 saturated heterocycles. The maximum atomic E-state index is 14.8. The van der Waals surface area contributed by atoms with E-state index in [2.05, 4.69) is 0 Å². The Hall–Kier alpha value is -1.44. The topological polar surface area (TPSA) is 662 Å². The van der Waals surface area contributed by atoms with Crippen molar-refractivity contribution < 1.29 is 182 Å². The van der Waals surface area contributed by atoms with Gasteiger partial charge in [0.2, 0.25) is 0 Å². The highest BCUT2D eigenvalue weighted by molar-refractivity contribution is 5.38. The molecule has 0 bridgehead atoms. The van der Waals surface area contributed by atoms with Crippen LogP contribution in [0.15, 0.2) is 0 Å². The van der Waals surface area contributed by atoms with E-state index in [1.807, 2.05) is 0 Å². The van der Waals surface area contributed by atoms with Crippen LogP contribution in [0.5, 0.6) is 0 Å². The summed E-state index contributed by atoms with van der Waals surface area (Å²) in [5, 5.41) is 354. The van der Waals surface area contributed by atoms with Crippen LogP contribution >= 0.6 is 0 Å². The van der Waals surface area contributed by atoms with Gasteiger partial charge >= 0.3 is 0 Å². The minimum atomic E-state index is -5.68. The molecular weight excluding hydrogens is 1080 g/mol. The Balaban J connectivity index is 1.98. The fraction of sp³-hybridized carbons (Fsp3) is 1.00. The van der Waals surface area contributed by atoms with Crippen molar-refractivity contribution in [3.05, 3.63) is 0 Å². The van der Waals surface area contributed by atoms with Crippen molar-refractivity contribution in [2.75, 3.05) is 46.2 Å². The molecule has 0 spiro atoms. The highest BCUT2D eigenvalue weighted by atomic mass is 16.6. The zero-order valence-corrected chi connectivity index (χ0v) is 40.6. The molecule has 458 valence electrons. The molecule has 36 heteroatoms. The molecule has 0 unspecified atom stereocenters. The summed E-state index contributed by atoms with van der Waals surface area (Å²) in [6.45, 7) is -12.3. The Morgan fingerprint density at radius 2 is 0.410 bits per heavy atom. The van der Waals surface area contributed by atoms with E-state index in [0.29, 0.717) is 0 Å². The highest BCUT2D eigenvalue weighted by Gasteiger charge is 2.89. The summed E-state index contributed by atoms with van der Waals surface area (Å²) in [7, 11) is 0. The zero-order chi connectivity index (χ0) is 59.0. The lowest BCUT2D eigenvalue weighted by Crippen LogP contribution is -2.98. The van der Waals surface area contributed by atoms with E-state index < -0.39 is 257 Å². The van der Waals surface area contributed by atoms with Gasteiger partial charge in [-0.1, -0.05) is 0 Å². The van der Waals surface area contributed by atoms with Crippen molar-refractivity contribution in [3.63, 3.8) is 0 Å². The Morgan fingerprint density at radius 1 is 0.218 bits per heavy atom. The number of aliphatic hydroxyl groups excluding tert-OH is 25. The summed E-state index contributed by atoms with van der Waals surface area (Å²) in [5.74, 6) is 0. The van der Waals surface area contributed by atoms with Gasteiger partial charge in [-0.25, -0.2) is 0 Å². The van der Waals surface area contributed by atoms with Crippen LogP contribution in [0, 0.1) is 0 Å². The third-order valence-electron chi connectivity index (χ3n) is 16.6. The van der Waals surface area contributed by atoms with Gasteiger partial charge in [0.25, 0.3) is 0 Å². The van der Waals surface area contributed by atoms with Gasteiger partial charge in [0.15, 0.2) is 28.0 Å². The smallest absolute Gasteiger partial charge is 0.162 e. The van der Waals surface area contributed by atoms with E-state index >= 15 is 0 Å². The van der Waals surface area contributed by atoms with Gasteiger partial charge < -0.3 is 182 Å². The quantitative estimate of drug-likeness (QED) is 0.0643. The third kappa shape index (κ3) is 9.55. The number of hydrogen-bond donors (Lipinski definition) is 30. The lowest BCUT2D eigenvalue weighted by atomic mass is 9.47. The van der Waals surface area contributed by atoms with Gasteiger partial charge in [-0.05, 0) is 0 Å². The average Bonchev–Trinajstić information content (AvgIpc) is 2.11. The number of aliphatic hydroxyl groups is 30. The Bertz CT molecular complexity index is 1900. The van der Waals surface area contributed by atoms with Crippen molar-refractivity contribution in [1.29, 1.82) is 0 Å². The predicted molar refractivity (Wildman–Crippen MR) is 234 cm³/mol. The van der Waals surface area contributed by atoms with Crippen LogP contribution in [0.1, 0.15) is 0 Å². The normalized spacial score (nSPS) is 51.2. The highest BCUT2D eigenvalue weighted by Crippen LogP contribution is 2.61. The van der Waals surface area contributed by atoms with Crippen LogP contribution in [0.25, 0.3) is 0 Å². The summed E-state index contributed by atoms with van der Waals surface area (Å²) in [5.41, 5.74) is -26.7. The molecule has 78 heavy (non-hydrogen) atoms. The summed E-state index contributed by atoms with van der Waals surface area (Å²) in [4.78, 5) is 0. The van der Waals surface area contributed by atoms with E-state index in [4.69, 9.17) is 28.4 Å². The lowest BCUT2D eigenvalue weighted by Gasteiger charge is -2.71. The maximum absolute atomic E-state index is 14.8. The van der Waals surface area contributed by atoms with Gasteiger partial charge in [0, 0.05) is 0 Å². The molecule has 6 rings (SSSR count). The molecule has 0 aromatic carbocycles. The van der Waals surface area contributed by atoms with Gasteiger partial charge in [0.1, 0.15) is 183 Å². The monoisotopic (exact) mass is 1150 g/mol. The first-order chi connectivity index (χ1) is 36.3. The molecule has 6 aliphatic heterocycles. The van der Waals surface area contributed by atoms with Crippen molar-refractivity contribution >= 4 is 0 Å². The molecule has 0 aromatic heterocycles. The summed E-state index contributed by atoms with van der Waals surface area (Å²) >= 11 is 0. The molecule has 6 heterocycles. The Labute approximate surface area is 438 Å². The van der Waals surface area contributed by atoms with Gasteiger partial charge in [-0.3, -0.25) is 0 Å². The van der Waals surface area contributed by atoms with Crippen molar-refractivity contribution in [2.45, 2.75) is 211 Å². The minimum Gasteiger partial charge on any atom is -0.394 e. The molecule has 34 atom stereocenters. The van der Waals surface area contributed by atoms with Crippen molar-refractivity contribution in [2.24, 2.45) is 0 Å². The predicted octanol–water partition coefficient (Wildman–Crippen LogP) is -20.3. The fourth-order valence-corrected chi connectivity index (χ4v) is 12.1. The van der Waals surface area contributed by atoms with Crippen LogP contribution in [0.3, 0.4) is 0 Å². The number of rotatable bonds is 17. The van der Waals surface area contributed by atoms with Crippen LogP contribution in [-0.2, 0) is 28.4 Å². The van der Waals surface area contributed by atoms with Gasteiger partial charge in [0.05, 0.1) is 46.2 Å². The van der Waals surface area contributed by atoms with E-state index in [9.17, 15) is 153 Å². The fourth-order valence-electron chi connectivity index (χ4n) is 12.1. The largest absolute Gasteiger partial charge is 0.394 e. The van der Waals surface area contributed by atoms with E-state index in [1.54, 1.807) is 0 Å². The molecule has 0 aliphatic carbocycles. The number of hydrogen-bond acceptors (Lipinski definition) is 36. The van der Waals surface area contributed by atoms with E-state index in [0.717, 1.165) is 0 Å². The molecule has 36 nitrogen and oxygen atoms in total. The molecule has 30 N–H and O–H groups in total. The summed E-state index contributed by atoms with van der Waals surface area (Å²) < 4.78 is 33.8. The van der Waals surface area contributed by atoms with Gasteiger partial charge in [-0.15, -0.1) is 0 Å². The standard InChI is InChI=1S/C42H74O36/c43-1-8-14(50)20(56)26(62)32(73-8)38(68,7-49)40(70,35-29(65)23(59)17(53)11(4-46)76-35)42(72,37-31(67)25(61)19(55)13(6-48)78-37)41(71,36-30(66)24(60)18(54)12(5-47)77-36)39(69,33-27(63)21(57)15(51)9(2-44)74-33)34-28(64)22(58)16(52)10(3-45)75-34/h8-37,43-72H,1-7H2/t8-,9-,10-,11-,12-,13-,14-,15-,16-,17-,18-,19-,20+,21+,22+,23+,24+,25+,26-,27-,28-,29-,30-,31-,32-,33-,34-,35-,36-,37-,38+,40-,41+,42+/m1/s1. The minimum absolute atomic E-state index is 1.51. The lowest BCUT2D eigenvalue weighted by molar-refractivity contribution is -0.469. The average molecular weight is 1160 g/mol. The van der Waals surface area contributed by atoms with E-state index in [-0.39, 0.29) is 0 Å². The third-order valence-corrected chi connectivity index (χ3v) is 16.6. The zero-order valence-electron chi connectivity index (χ0n) is 40.6. The first kappa shape index (κ1) is 65.7. The second-order valence-corrected chi connectivity index (χ2v) is 20.7. The number of ether oxygens (including phenoxy) is 6. The summed E-state index contributed by atoms with van der Waals surface area (Å²) in [6.07, 6.45) is -91.1. The van der Waals surface area contributed by atoms with Crippen molar-refractivity contribution in [1.82, 2.24) is 0 Å². The van der Waals surface area contributed by atoms with Crippen LogP contribution < -0.4 is 0 Å². The Kier molecular flexibility index (Phi) is 20.4. The second kappa shape index (κ2) is 24.3. The second-order valence-electron chi connectivity index (χ2n) is 20.7. The van der Waals surface area contributed by atoms with Crippen molar-refractivity contribution in [3.8, 4) is 0 Å². The first-order valence-corrected chi connectivity index (χ1v) is 24.3. The molecule has 0 aromatic rings. The van der Waals surface area contributed by atoms with Crippen LogP contribution in [-0.4, -0.2) is 411 Å². The van der Waals surface area contributed by atoms with Crippen LogP contribution in [0.2, 0.25) is 0 Å². The molecule has 6 aliphatic rings. The molecule has 0 saturated carbocycles. The summed E-state index contributed by atoms with van der Waals surface area (Å²) in [6, 6.07) is 0. The molecule has 6 fully saturated rings. The molecule has 0 radical (unpaired) electrons. The SMILES string of the molecule is OC[C@H]1O[C@@H](C(O)([C@@H]2O[C@H](CO)[C@@H](O)[C@H](O)[C@H]2O)[C@@](O)([C@@H]2O[C@H](CO)[C@@H](O)[C@H](O)[C@H]2O)[C@](O)([C@@H]2O[C@H](CO)[C@@H](O)[C@H](O)[C@H]2O)[C@@](O)([C@@H]2O[C@H](CO)[C@@H](O)[C@H](O)[C@H]2O)[C@](O)(CO)[C@@H]2O[C@H](CO)[C@@H](O)[C@H](O)[C@H]2O)[C@H](O)[C@@H](O)[C@@H]1O. The van der Waals surface area contributed by atoms with Crippen LogP contribution in [0.4, 0.5) is 0 Å². The molecular formula is C42H74O36. The first-order valence-electron chi connectivity index (χ1n) is 24.3. The van der Waals surface area contributed by atoms with E-state index in [1.165, 1.54) is 0 Å². The maximum Gasteiger partial charge on any atom is 0.162 e. The van der Waals surface area contributed by atoms with Gasteiger partial charge in [-0.2, -0.15) is 0 Å². The molecule has 0 amide bonds. The Morgan fingerprint density at radius 3 is 0.654 bits per heavy atom.